The number of rotatable bonds is 3. The van der Waals surface area contributed by atoms with Crippen LogP contribution in [0.5, 0.6) is 0 Å². The molecule has 0 unspecified atom stereocenters. The summed E-state index contributed by atoms with van der Waals surface area (Å²) in [6.45, 7) is 2.12. The van der Waals surface area contributed by atoms with Gasteiger partial charge in [0.2, 0.25) is 0 Å². The minimum atomic E-state index is -2.94. The van der Waals surface area contributed by atoms with Gasteiger partial charge in [-0.2, -0.15) is 0 Å². The average Bonchev–Trinajstić information content (AvgIpc) is 3.11. The standard InChI is InChI=1S/C25H19OPS/c1-18-12-14-24-22(16-18)23-17-21(13-15-25(23)28-24)27(26,19-8-4-2-5-9-19)20-10-6-3-7-11-20/h2-17H,1H3. The smallest absolute Gasteiger partial charge is 0.171 e. The van der Waals surface area contributed by atoms with Gasteiger partial charge in [-0.1, -0.05) is 72.3 Å². The van der Waals surface area contributed by atoms with Gasteiger partial charge in [0, 0.05) is 36.1 Å². The molecule has 136 valence electrons. The van der Waals surface area contributed by atoms with Crippen molar-refractivity contribution in [2.45, 2.75) is 6.92 Å². The summed E-state index contributed by atoms with van der Waals surface area (Å²) < 4.78 is 17.1. The van der Waals surface area contributed by atoms with Crippen LogP contribution in [0.2, 0.25) is 0 Å². The highest BCUT2D eigenvalue weighted by Gasteiger charge is 2.29. The van der Waals surface area contributed by atoms with Gasteiger partial charge < -0.3 is 4.57 Å². The van der Waals surface area contributed by atoms with Crippen LogP contribution in [0.15, 0.2) is 97.1 Å². The van der Waals surface area contributed by atoms with Crippen LogP contribution in [0.4, 0.5) is 0 Å². The summed E-state index contributed by atoms with van der Waals surface area (Å²) in [5.74, 6) is 0. The van der Waals surface area contributed by atoms with Crippen LogP contribution < -0.4 is 15.9 Å². The number of hydrogen-bond donors (Lipinski definition) is 0. The molecule has 4 aromatic carbocycles. The average molecular weight is 398 g/mol. The Labute approximate surface area is 168 Å². The highest BCUT2D eigenvalue weighted by Crippen LogP contribution is 2.44. The topological polar surface area (TPSA) is 17.1 Å². The lowest BCUT2D eigenvalue weighted by Crippen LogP contribution is -2.24. The van der Waals surface area contributed by atoms with Crippen LogP contribution in [-0.2, 0) is 4.57 Å². The predicted octanol–water partition coefficient (Wildman–Crippen LogP) is 6.00. The molecule has 5 aromatic rings. The Morgan fingerprint density at radius 2 is 1.14 bits per heavy atom. The third-order valence-electron chi connectivity index (χ3n) is 5.21. The van der Waals surface area contributed by atoms with Gasteiger partial charge in [-0.05, 0) is 37.3 Å². The van der Waals surface area contributed by atoms with Crippen LogP contribution >= 0.6 is 18.5 Å². The Hall–Kier alpha value is -2.67. The van der Waals surface area contributed by atoms with E-state index >= 15 is 0 Å². The Morgan fingerprint density at radius 1 is 0.607 bits per heavy atom. The van der Waals surface area contributed by atoms with Gasteiger partial charge in [0.1, 0.15) is 0 Å². The van der Waals surface area contributed by atoms with Crippen LogP contribution in [0, 0.1) is 6.92 Å². The van der Waals surface area contributed by atoms with Crippen molar-refractivity contribution in [3.05, 3.63) is 103 Å². The SMILES string of the molecule is Cc1ccc2sc3ccc(P(=O)(c4ccccc4)c4ccccc4)cc3c2c1. The van der Waals surface area contributed by atoms with Gasteiger partial charge in [-0.15, -0.1) is 11.3 Å². The van der Waals surface area contributed by atoms with E-state index in [1.807, 2.05) is 66.7 Å². The van der Waals surface area contributed by atoms with E-state index in [4.69, 9.17) is 0 Å². The normalized spacial score (nSPS) is 11.9. The summed E-state index contributed by atoms with van der Waals surface area (Å²) in [6.07, 6.45) is 0. The lowest BCUT2D eigenvalue weighted by atomic mass is 10.1. The molecule has 1 heterocycles. The van der Waals surface area contributed by atoms with E-state index in [1.165, 1.54) is 25.7 Å². The molecule has 1 aromatic heterocycles. The molecule has 0 N–H and O–H groups in total. The second kappa shape index (κ2) is 6.74. The van der Waals surface area contributed by atoms with Crippen LogP contribution in [0.25, 0.3) is 20.2 Å². The Morgan fingerprint density at radius 3 is 1.75 bits per heavy atom. The molecule has 0 aliphatic carbocycles. The Bertz CT molecular complexity index is 1290. The van der Waals surface area contributed by atoms with Crippen molar-refractivity contribution in [2.75, 3.05) is 0 Å². The quantitative estimate of drug-likeness (QED) is 0.341. The monoisotopic (exact) mass is 398 g/mol. The molecule has 28 heavy (non-hydrogen) atoms. The van der Waals surface area contributed by atoms with Gasteiger partial charge in [0.25, 0.3) is 0 Å². The number of benzene rings is 4. The maximum Gasteiger partial charge on any atom is 0.171 e. The fourth-order valence-electron chi connectivity index (χ4n) is 3.80. The van der Waals surface area contributed by atoms with E-state index in [1.54, 1.807) is 11.3 Å². The summed E-state index contributed by atoms with van der Waals surface area (Å²) in [4.78, 5) is 0. The van der Waals surface area contributed by atoms with Gasteiger partial charge in [0.05, 0.1) is 0 Å². The van der Waals surface area contributed by atoms with E-state index in [2.05, 4.69) is 37.3 Å². The summed E-state index contributed by atoms with van der Waals surface area (Å²) >= 11 is 1.79. The lowest BCUT2D eigenvalue weighted by Gasteiger charge is -2.20. The van der Waals surface area contributed by atoms with E-state index < -0.39 is 7.14 Å². The third-order valence-corrected chi connectivity index (χ3v) is 9.42. The van der Waals surface area contributed by atoms with Crippen molar-refractivity contribution < 1.29 is 4.57 Å². The molecule has 0 fully saturated rings. The molecular weight excluding hydrogens is 379 g/mol. The van der Waals surface area contributed by atoms with E-state index in [0.717, 1.165) is 15.9 Å². The number of fused-ring (bicyclic) bond motifs is 3. The minimum absolute atomic E-state index is 0.872. The molecule has 3 heteroatoms. The van der Waals surface area contributed by atoms with Crippen molar-refractivity contribution in [1.82, 2.24) is 0 Å². The Kier molecular flexibility index (Phi) is 4.19. The van der Waals surface area contributed by atoms with Gasteiger partial charge in [-0.25, -0.2) is 0 Å². The second-order valence-corrected chi connectivity index (χ2v) is 10.9. The summed E-state index contributed by atoms with van der Waals surface area (Å²) in [5, 5.41) is 5.06. The lowest BCUT2D eigenvalue weighted by molar-refractivity contribution is 0.592. The van der Waals surface area contributed by atoms with Crippen LogP contribution in [0.1, 0.15) is 5.56 Å². The molecule has 0 amide bonds. The first kappa shape index (κ1) is 17.4. The van der Waals surface area contributed by atoms with Crippen molar-refractivity contribution in [2.24, 2.45) is 0 Å². The molecule has 5 rings (SSSR count). The van der Waals surface area contributed by atoms with Crippen molar-refractivity contribution in [1.29, 1.82) is 0 Å². The van der Waals surface area contributed by atoms with Crippen LogP contribution in [0.3, 0.4) is 0 Å². The maximum absolute atomic E-state index is 14.6. The molecule has 0 atom stereocenters. The molecule has 0 aliphatic heterocycles. The molecule has 0 spiro atoms. The molecule has 0 saturated carbocycles. The summed E-state index contributed by atoms with van der Waals surface area (Å²) in [5.41, 5.74) is 1.24. The Balaban J connectivity index is 1.82. The summed E-state index contributed by atoms with van der Waals surface area (Å²) in [7, 11) is -2.94. The first-order chi connectivity index (χ1) is 13.7. The van der Waals surface area contributed by atoms with E-state index in [-0.39, 0.29) is 0 Å². The van der Waals surface area contributed by atoms with Crippen molar-refractivity contribution in [3.63, 3.8) is 0 Å². The fraction of sp³-hybridized carbons (Fsp3) is 0.0400. The van der Waals surface area contributed by atoms with Gasteiger partial charge in [0.15, 0.2) is 7.14 Å². The number of hydrogen-bond acceptors (Lipinski definition) is 2. The second-order valence-electron chi connectivity index (χ2n) is 7.06. The zero-order valence-corrected chi connectivity index (χ0v) is 17.2. The third kappa shape index (κ3) is 2.73. The summed E-state index contributed by atoms with van der Waals surface area (Å²) in [6, 6.07) is 32.6. The molecule has 1 nitrogen and oxygen atoms in total. The predicted molar refractivity (Wildman–Crippen MR) is 123 cm³/mol. The molecule has 0 bridgehead atoms. The van der Waals surface area contributed by atoms with Crippen molar-refractivity contribution in [3.8, 4) is 0 Å². The van der Waals surface area contributed by atoms with E-state index in [9.17, 15) is 4.57 Å². The first-order valence-corrected chi connectivity index (χ1v) is 11.8. The molecule has 0 aliphatic rings. The maximum atomic E-state index is 14.6. The first-order valence-electron chi connectivity index (χ1n) is 9.31. The van der Waals surface area contributed by atoms with Crippen LogP contribution in [-0.4, -0.2) is 0 Å². The highest BCUT2D eigenvalue weighted by molar-refractivity contribution is 7.85. The van der Waals surface area contributed by atoms with Gasteiger partial charge >= 0.3 is 0 Å². The highest BCUT2D eigenvalue weighted by atomic mass is 32.1. The number of thiophene rings is 1. The zero-order valence-electron chi connectivity index (χ0n) is 15.5. The minimum Gasteiger partial charge on any atom is -0.309 e. The molecule has 0 saturated heterocycles. The number of aryl methyl sites for hydroxylation is 1. The molecular formula is C25H19OPS. The largest absolute Gasteiger partial charge is 0.309 e. The zero-order chi connectivity index (χ0) is 19.1. The van der Waals surface area contributed by atoms with Crippen molar-refractivity contribution >= 4 is 54.6 Å². The van der Waals surface area contributed by atoms with Gasteiger partial charge in [-0.3, -0.25) is 0 Å². The molecule has 0 radical (unpaired) electrons. The fourth-order valence-corrected chi connectivity index (χ4v) is 7.54. The van der Waals surface area contributed by atoms with E-state index in [0.29, 0.717) is 0 Å².